The lowest BCUT2D eigenvalue weighted by atomic mass is 10.1. The fourth-order valence-electron chi connectivity index (χ4n) is 2.61. The first kappa shape index (κ1) is 14.2. The standard InChI is InChI=1S/C15H17N3O2S/c16-6-8-18-14(19)5-7-17(15(18)20)10-12-9-11-3-1-2-4-13(11)21-12/h1-5,7,12H,6,8-10,16H2. The summed E-state index contributed by atoms with van der Waals surface area (Å²) >= 11 is 1.79. The first-order valence-electron chi connectivity index (χ1n) is 6.94. The summed E-state index contributed by atoms with van der Waals surface area (Å²) in [6, 6.07) is 9.74. The second kappa shape index (κ2) is 5.91. The molecule has 1 unspecified atom stereocenters. The first-order valence-corrected chi connectivity index (χ1v) is 7.82. The highest BCUT2D eigenvalue weighted by molar-refractivity contribution is 8.00. The van der Waals surface area contributed by atoms with E-state index in [4.69, 9.17) is 5.73 Å². The number of benzene rings is 1. The third kappa shape index (κ3) is 2.82. The number of thioether (sulfide) groups is 1. The normalized spacial score (nSPS) is 16.9. The molecule has 5 nitrogen and oxygen atoms in total. The van der Waals surface area contributed by atoms with Crippen molar-refractivity contribution in [3.05, 3.63) is 62.9 Å². The van der Waals surface area contributed by atoms with E-state index in [9.17, 15) is 9.59 Å². The molecule has 21 heavy (non-hydrogen) atoms. The maximum atomic E-state index is 12.3. The van der Waals surface area contributed by atoms with Gasteiger partial charge in [-0.1, -0.05) is 18.2 Å². The van der Waals surface area contributed by atoms with E-state index in [1.807, 2.05) is 12.1 Å². The molecule has 1 aromatic heterocycles. The Morgan fingerprint density at radius 2 is 2.05 bits per heavy atom. The fourth-order valence-corrected chi connectivity index (χ4v) is 3.92. The number of nitrogens with two attached hydrogens (primary N) is 1. The number of rotatable bonds is 4. The molecule has 6 heteroatoms. The Hall–Kier alpha value is -1.79. The third-order valence-corrected chi connectivity index (χ3v) is 4.91. The zero-order valence-corrected chi connectivity index (χ0v) is 12.4. The fraction of sp³-hybridized carbons (Fsp3) is 0.333. The van der Waals surface area contributed by atoms with Gasteiger partial charge in [-0.25, -0.2) is 4.79 Å². The lowest BCUT2D eigenvalue weighted by Gasteiger charge is -2.12. The smallest absolute Gasteiger partial charge is 0.329 e. The Morgan fingerprint density at radius 1 is 1.24 bits per heavy atom. The van der Waals surface area contributed by atoms with Crippen LogP contribution in [0.3, 0.4) is 0 Å². The second-order valence-electron chi connectivity index (χ2n) is 5.08. The Labute approximate surface area is 126 Å². The summed E-state index contributed by atoms with van der Waals surface area (Å²) in [5.74, 6) is 0. The zero-order valence-electron chi connectivity index (χ0n) is 11.6. The van der Waals surface area contributed by atoms with Crippen molar-refractivity contribution in [3.8, 4) is 0 Å². The van der Waals surface area contributed by atoms with Crippen molar-refractivity contribution in [1.82, 2.24) is 9.13 Å². The number of hydrogen-bond acceptors (Lipinski definition) is 4. The molecule has 0 bridgehead atoms. The molecule has 2 N–H and O–H groups in total. The predicted octanol–water partition coefficient (Wildman–Crippen LogP) is 0.686. The van der Waals surface area contributed by atoms with Crippen LogP contribution in [0.2, 0.25) is 0 Å². The Balaban J connectivity index is 1.83. The van der Waals surface area contributed by atoms with E-state index in [0.717, 1.165) is 6.42 Å². The first-order chi connectivity index (χ1) is 10.2. The maximum Gasteiger partial charge on any atom is 0.331 e. The van der Waals surface area contributed by atoms with E-state index in [0.29, 0.717) is 11.8 Å². The minimum absolute atomic E-state index is 0.260. The average Bonchev–Trinajstić information content (AvgIpc) is 2.89. The van der Waals surface area contributed by atoms with Crippen LogP contribution in [0.4, 0.5) is 0 Å². The number of hydrogen-bond donors (Lipinski definition) is 1. The molecule has 1 aliphatic rings. The number of fused-ring (bicyclic) bond motifs is 1. The van der Waals surface area contributed by atoms with Crippen LogP contribution in [0.15, 0.2) is 51.0 Å². The van der Waals surface area contributed by atoms with Gasteiger partial charge in [0.1, 0.15) is 0 Å². The molecular formula is C15H17N3O2S. The molecule has 110 valence electrons. The van der Waals surface area contributed by atoms with Crippen molar-refractivity contribution in [1.29, 1.82) is 0 Å². The van der Waals surface area contributed by atoms with Gasteiger partial charge < -0.3 is 5.73 Å². The monoisotopic (exact) mass is 303 g/mol. The van der Waals surface area contributed by atoms with Gasteiger partial charge in [0.15, 0.2) is 0 Å². The summed E-state index contributed by atoms with van der Waals surface area (Å²) in [5.41, 5.74) is 6.23. The van der Waals surface area contributed by atoms with Gasteiger partial charge in [-0.2, -0.15) is 0 Å². The quantitative estimate of drug-likeness (QED) is 0.902. The van der Waals surface area contributed by atoms with Crippen LogP contribution in [0.25, 0.3) is 0 Å². The minimum atomic E-state index is -0.288. The molecule has 2 heterocycles. The molecule has 0 saturated heterocycles. The lowest BCUT2D eigenvalue weighted by molar-refractivity contribution is 0.547. The van der Waals surface area contributed by atoms with Crippen LogP contribution in [0, 0.1) is 0 Å². The average molecular weight is 303 g/mol. The van der Waals surface area contributed by atoms with E-state index in [1.165, 1.54) is 21.1 Å². The van der Waals surface area contributed by atoms with E-state index in [-0.39, 0.29) is 24.3 Å². The SMILES string of the molecule is NCCn1c(=O)ccn(CC2Cc3ccccc3S2)c1=O. The van der Waals surface area contributed by atoms with Crippen molar-refractivity contribution in [3.63, 3.8) is 0 Å². The molecule has 0 spiro atoms. The molecule has 0 saturated carbocycles. The number of nitrogens with zero attached hydrogens (tertiary/aromatic N) is 2. The maximum absolute atomic E-state index is 12.3. The summed E-state index contributed by atoms with van der Waals surface area (Å²) in [7, 11) is 0. The highest BCUT2D eigenvalue weighted by atomic mass is 32.2. The summed E-state index contributed by atoms with van der Waals surface area (Å²) in [5, 5.41) is 0.323. The third-order valence-electron chi connectivity index (χ3n) is 3.61. The van der Waals surface area contributed by atoms with Crippen LogP contribution >= 0.6 is 11.8 Å². The Morgan fingerprint density at radius 3 is 2.81 bits per heavy atom. The van der Waals surface area contributed by atoms with Crippen molar-refractivity contribution in [2.45, 2.75) is 29.7 Å². The van der Waals surface area contributed by atoms with E-state index >= 15 is 0 Å². The zero-order chi connectivity index (χ0) is 14.8. The van der Waals surface area contributed by atoms with Crippen LogP contribution in [-0.4, -0.2) is 20.9 Å². The van der Waals surface area contributed by atoms with Crippen molar-refractivity contribution in [2.75, 3.05) is 6.54 Å². The largest absolute Gasteiger partial charge is 0.331 e. The Kier molecular flexibility index (Phi) is 3.98. The van der Waals surface area contributed by atoms with Gasteiger partial charge in [0.05, 0.1) is 0 Å². The summed E-state index contributed by atoms with van der Waals surface area (Å²) in [6.07, 6.45) is 2.53. The highest BCUT2D eigenvalue weighted by Gasteiger charge is 2.22. The Bertz CT molecular complexity index is 741. The van der Waals surface area contributed by atoms with Gasteiger partial charge >= 0.3 is 5.69 Å². The summed E-state index contributed by atoms with van der Waals surface area (Å²) < 4.78 is 2.81. The van der Waals surface area contributed by atoms with E-state index in [2.05, 4.69) is 12.1 Å². The predicted molar refractivity (Wildman–Crippen MR) is 83.8 cm³/mol. The van der Waals surface area contributed by atoms with Gasteiger partial charge in [-0.3, -0.25) is 13.9 Å². The number of aromatic nitrogens is 2. The lowest BCUT2D eigenvalue weighted by Crippen LogP contribution is -2.41. The molecule has 0 aliphatic carbocycles. The van der Waals surface area contributed by atoms with Crippen LogP contribution < -0.4 is 17.0 Å². The summed E-state index contributed by atoms with van der Waals surface area (Å²) in [4.78, 5) is 25.3. The topological polar surface area (TPSA) is 70.0 Å². The second-order valence-corrected chi connectivity index (χ2v) is 6.42. The molecule has 3 rings (SSSR count). The molecule has 0 fully saturated rings. The molecule has 1 aromatic carbocycles. The van der Waals surface area contributed by atoms with Gasteiger partial charge in [-0.05, 0) is 18.1 Å². The van der Waals surface area contributed by atoms with Gasteiger partial charge in [-0.15, -0.1) is 11.8 Å². The van der Waals surface area contributed by atoms with E-state index in [1.54, 1.807) is 22.5 Å². The van der Waals surface area contributed by atoms with Crippen molar-refractivity contribution >= 4 is 11.8 Å². The van der Waals surface area contributed by atoms with Gasteiger partial charge in [0.25, 0.3) is 5.56 Å². The molecule has 1 atom stereocenters. The van der Waals surface area contributed by atoms with Crippen molar-refractivity contribution in [2.24, 2.45) is 5.73 Å². The summed E-state index contributed by atoms with van der Waals surface area (Å²) in [6.45, 7) is 1.14. The van der Waals surface area contributed by atoms with Crippen LogP contribution in [-0.2, 0) is 19.5 Å². The molecule has 1 aliphatic heterocycles. The molecule has 0 amide bonds. The van der Waals surface area contributed by atoms with E-state index < -0.39 is 0 Å². The van der Waals surface area contributed by atoms with Gasteiger partial charge in [0, 0.05) is 42.0 Å². The molecule has 2 aromatic rings. The minimum Gasteiger partial charge on any atom is -0.329 e. The van der Waals surface area contributed by atoms with Gasteiger partial charge in [0.2, 0.25) is 0 Å². The van der Waals surface area contributed by atoms with Crippen LogP contribution in [0.5, 0.6) is 0 Å². The molecular weight excluding hydrogens is 286 g/mol. The van der Waals surface area contributed by atoms with Crippen LogP contribution in [0.1, 0.15) is 5.56 Å². The molecule has 0 radical (unpaired) electrons. The highest BCUT2D eigenvalue weighted by Crippen LogP contribution is 2.37. The van der Waals surface area contributed by atoms with Crippen molar-refractivity contribution < 1.29 is 0 Å².